The zero-order chi connectivity index (χ0) is 21.8. The number of anilines is 2. The van der Waals surface area contributed by atoms with E-state index >= 15 is 0 Å². The molecule has 4 rings (SSSR count). The molecule has 9 nitrogen and oxygen atoms in total. The van der Waals surface area contributed by atoms with E-state index in [1.54, 1.807) is 48.2 Å². The maximum Gasteiger partial charge on any atom is 0.414 e. The number of carbonyl (C=O) groups is 3. The number of amides is 2. The van der Waals surface area contributed by atoms with Crippen molar-refractivity contribution < 1.29 is 23.9 Å². The number of benzene rings is 1. The number of hydrogen-bond donors (Lipinski definition) is 0. The number of carbonyl (C=O) groups excluding carboxylic acids is 3. The molecule has 0 N–H and O–H groups in total. The van der Waals surface area contributed by atoms with Crippen LogP contribution in [0, 0.1) is 0 Å². The van der Waals surface area contributed by atoms with Crippen molar-refractivity contribution >= 4 is 29.5 Å². The fourth-order valence-electron chi connectivity index (χ4n) is 3.64. The summed E-state index contributed by atoms with van der Waals surface area (Å²) < 4.78 is 9.92. The van der Waals surface area contributed by atoms with Crippen molar-refractivity contribution in [3.8, 4) is 0 Å². The highest BCUT2D eigenvalue weighted by Gasteiger charge is 2.25. The van der Waals surface area contributed by atoms with Crippen molar-refractivity contribution in [2.75, 3.05) is 55.7 Å². The first-order chi connectivity index (χ1) is 15.1. The molecule has 0 saturated carbocycles. The normalized spacial score (nSPS) is 16.3. The minimum Gasteiger partial charge on any atom is -0.462 e. The summed E-state index contributed by atoms with van der Waals surface area (Å²) in [4.78, 5) is 46.1. The van der Waals surface area contributed by atoms with Gasteiger partial charge in [0.25, 0.3) is 5.91 Å². The Morgan fingerprint density at radius 1 is 1.00 bits per heavy atom. The molecule has 9 heteroatoms. The van der Waals surface area contributed by atoms with E-state index in [0.717, 1.165) is 11.5 Å². The summed E-state index contributed by atoms with van der Waals surface area (Å²) >= 11 is 0. The van der Waals surface area contributed by atoms with Crippen LogP contribution in [0.1, 0.15) is 27.6 Å². The van der Waals surface area contributed by atoms with Crippen LogP contribution in [0.2, 0.25) is 0 Å². The molecule has 2 aliphatic rings. The highest BCUT2D eigenvalue weighted by Crippen LogP contribution is 2.21. The van der Waals surface area contributed by atoms with E-state index in [4.69, 9.17) is 9.47 Å². The predicted molar refractivity (Wildman–Crippen MR) is 113 cm³/mol. The number of nitrogens with zero attached hydrogens (tertiary/aromatic N) is 4. The fraction of sp³-hybridized carbons (Fsp3) is 0.364. The van der Waals surface area contributed by atoms with E-state index in [9.17, 15) is 14.4 Å². The standard InChI is InChI=1S/C22H24N4O5/c1-2-30-21(28)17-5-8-19(23-15-17)24-9-11-25(12-10-24)20(27)16-3-6-18(7-4-16)26-13-14-31-22(26)29/h3-8,15H,2,9-14H2,1H3. The first kappa shape index (κ1) is 20.6. The van der Waals surface area contributed by atoms with Crippen LogP contribution < -0.4 is 9.80 Å². The number of cyclic esters (lactones) is 1. The molecule has 162 valence electrons. The highest BCUT2D eigenvalue weighted by molar-refractivity contribution is 5.96. The van der Waals surface area contributed by atoms with Gasteiger partial charge in [0.1, 0.15) is 12.4 Å². The van der Waals surface area contributed by atoms with Gasteiger partial charge in [-0.2, -0.15) is 0 Å². The molecular weight excluding hydrogens is 400 g/mol. The maximum absolute atomic E-state index is 12.9. The highest BCUT2D eigenvalue weighted by atomic mass is 16.6. The second-order valence-electron chi connectivity index (χ2n) is 7.22. The Labute approximate surface area is 180 Å². The van der Waals surface area contributed by atoms with Gasteiger partial charge in [0.15, 0.2) is 0 Å². The lowest BCUT2D eigenvalue weighted by Crippen LogP contribution is -2.49. The van der Waals surface area contributed by atoms with Crippen molar-refractivity contribution in [3.05, 3.63) is 53.7 Å². The largest absolute Gasteiger partial charge is 0.462 e. The van der Waals surface area contributed by atoms with Crippen molar-refractivity contribution in [2.45, 2.75) is 6.92 Å². The van der Waals surface area contributed by atoms with Crippen LogP contribution in [0.4, 0.5) is 16.3 Å². The summed E-state index contributed by atoms with van der Waals surface area (Å²) in [6.45, 7) is 5.42. The van der Waals surface area contributed by atoms with Crippen LogP contribution in [0.5, 0.6) is 0 Å². The van der Waals surface area contributed by atoms with Crippen molar-refractivity contribution in [3.63, 3.8) is 0 Å². The van der Waals surface area contributed by atoms with Crippen molar-refractivity contribution in [2.24, 2.45) is 0 Å². The topological polar surface area (TPSA) is 92.3 Å². The van der Waals surface area contributed by atoms with E-state index in [-0.39, 0.29) is 18.0 Å². The van der Waals surface area contributed by atoms with Gasteiger partial charge >= 0.3 is 12.1 Å². The van der Waals surface area contributed by atoms with Gasteiger partial charge in [-0.3, -0.25) is 9.69 Å². The van der Waals surface area contributed by atoms with E-state index in [0.29, 0.717) is 57.1 Å². The number of rotatable bonds is 5. The second-order valence-corrected chi connectivity index (χ2v) is 7.22. The van der Waals surface area contributed by atoms with Crippen LogP contribution in [0.3, 0.4) is 0 Å². The lowest BCUT2D eigenvalue weighted by Gasteiger charge is -2.35. The van der Waals surface area contributed by atoms with Gasteiger partial charge in [0.05, 0.1) is 18.7 Å². The third-order valence-corrected chi connectivity index (χ3v) is 5.34. The number of pyridine rings is 1. The van der Waals surface area contributed by atoms with Crippen LogP contribution in [-0.2, 0) is 9.47 Å². The summed E-state index contributed by atoms with van der Waals surface area (Å²) in [7, 11) is 0. The molecule has 0 bridgehead atoms. The molecule has 2 fully saturated rings. The van der Waals surface area contributed by atoms with Gasteiger partial charge in [-0.05, 0) is 43.3 Å². The molecule has 0 spiro atoms. The number of ether oxygens (including phenoxy) is 2. The lowest BCUT2D eigenvalue weighted by atomic mass is 10.1. The Kier molecular flexibility index (Phi) is 6.01. The van der Waals surface area contributed by atoms with Crippen molar-refractivity contribution in [1.82, 2.24) is 9.88 Å². The average Bonchev–Trinajstić information content (AvgIpc) is 3.25. The van der Waals surface area contributed by atoms with Crippen LogP contribution >= 0.6 is 0 Å². The number of aromatic nitrogens is 1. The van der Waals surface area contributed by atoms with E-state index in [1.165, 1.54) is 6.20 Å². The molecule has 1 aromatic heterocycles. The van der Waals surface area contributed by atoms with Gasteiger partial charge in [-0.25, -0.2) is 14.6 Å². The van der Waals surface area contributed by atoms with Gasteiger partial charge in [0, 0.05) is 43.6 Å². The Bertz CT molecular complexity index is 953. The molecule has 1 aromatic carbocycles. The van der Waals surface area contributed by atoms with Crippen LogP contribution in [-0.4, -0.2) is 73.8 Å². The molecule has 31 heavy (non-hydrogen) atoms. The summed E-state index contributed by atoms with van der Waals surface area (Å²) in [6, 6.07) is 10.5. The molecule has 0 radical (unpaired) electrons. The molecule has 0 unspecified atom stereocenters. The molecule has 0 atom stereocenters. The third-order valence-electron chi connectivity index (χ3n) is 5.34. The van der Waals surface area contributed by atoms with E-state index in [2.05, 4.69) is 9.88 Å². The molecular formula is C22H24N4O5. The molecule has 2 aromatic rings. The monoisotopic (exact) mass is 424 g/mol. The van der Waals surface area contributed by atoms with Gasteiger partial charge < -0.3 is 19.3 Å². The molecule has 2 saturated heterocycles. The Morgan fingerprint density at radius 3 is 2.29 bits per heavy atom. The lowest BCUT2D eigenvalue weighted by molar-refractivity contribution is 0.0525. The average molecular weight is 424 g/mol. The number of piperazine rings is 1. The summed E-state index contributed by atoms with van der Waals surface area (Å²) in [5.74, 6) is 0.340. The quantitative estimate of drug-likeness (QED) is 0.679. The number of esters is 1. The summed E-state index contributed by atoms with van der Waals surface area (Å²) in [6.07, 6.45) is 1.15. The SMILES string of the molecule is CCOC(=O)c1ccc(N2CCN(C(=O)c3ccc(N4CCOC4=O)cc3)CC2)nc1. The fourth-order valence-corrected chi connectivity index (χ4v) is 3.64. The van der Waals surface area contributed by atoms with Gasteiger partial charge in [0.2, 0.25) is 0 Å². The van der Waals surface area contributed by atoms with Crippen LogP contribution in [0.15, 0.2) is 42.6 Å². The zero-order valence-corrected chi connectivity index (χ0v) is 17.3. The number of hydrogen-bond acceptors (Lipinski definition) is 7. The smallest absolute Gasteiger partial charge is 0.414 e. The Morgan fingerprint density at radius 2 is 1.71 bits per heavy atom. The Balaban J connectivity index is 1.33. The third kappa shape index (κ3) is 4.45. The zero-order valence-electron chi connectivity index (χ0n) is 17.3. The van der Waals surface area contributed by atoms with E-state index in [1.807, 2.05) is 4.90 Å². The molecule has 0 aliphatic carbocycles. The second kappa shape index (κ2) is 9.03. The molecule has 2 aliphatic heterocycles. The first-order valence-electron chi connectivity index (χ1n) is 10.3. The summed E-state index contributed by atoms with van der Waals surface area (Å²) in [5.41, 5.74) is 1.73. The minimum atomic E-state index is -0.385. The molecule has 3 heterocycles. The minimum absolute atomic E-state index is 0.0409. The first-order valence-corrected chi connectivity index (χ1v) is 10.3. The molecule has 2 amide bonds. The van der Waals surface area contributed by atoms with Gasteiger partial charge in [-0.1, -0.05) is 0 Å². The van der Waals surface area contributed by atoms with Gasteiger partial charge in [-0.15, -0.1) is 0 Å². The van der Waals surface area contributed by atoms with E-state index < -0.39 is 0 Å². The summed E-state index contributed by atoms with van der Waals surface area (Å²) in [5, 5.41) is 0. The van der Waals surface area contributed by atoms with Crippen molar-refractivity contribution in [1.29, 1.82) is 0 Å². The van der Waals surface area contributed by atoms with Crippen LogP contribution in [0.25, 0.3) is 0 Å². The maximum atomic E-state index is 12.9. The predicted octanol–water partition coefficient (Wildman–Crippen LogP) is 2.18. The Hall–Kier alpha value is -3.62.